The van der Waals surface area contributed by atoms with Crippen molar-refractivity contribution in [3.05, 3.63) is 39.5 Å². The van der Waals surface area contributed by atoms with Gasteiger partial charge in [0.2, 0.25) is 0 Å². The summed E-state index contributed by atoms with van der Waals surface area (Å²) in [6, 6.07) is 7.80. The predicted octanol–water partition coefficient (Wildman–Crippen LogP) is 3.42. The van der Waals surface area contributed by atoms with Gasteiger partial charge >= 0.3 is 6.09 Å². The minimum absolute atomic E-state index is 0.244. The van der Waals surface area contributed by atoms with E-state index in [0.717, 1.165) is 5.56 Å². The summed E-state index contributed by atoms with van der Waals surface area (Å²) in [6.07, 6.45) is 2.85. The number of halogens is 1. The Hall–Kier alpha value is -1.08. The topological polar surface area (TPSA) is 49.8 Å². The largest absolute Gasteiger partial charge is 0.465 e. The molecule has 0 saturated carbocycles. The molecule has 1 atom stereocenters. The Labute approximate surface area is 126 Å². The lowest BCUT2D eigenvalue weighted by molar-refractivity contribution is -0.0409. The van der Waals surface area contributed by atoms with Gasteiger partial charge in [-0.25, -0.2) is 4.79 Å². The van der Waals surface area contributed by atoms with Crippen LogP contribution in [0.1, 0.15) is 19.4 Å². The third kappa shape index (κ3) is 3.27. The Balaban J connectivity index is 2.14. The molecule has 1 aliphatic heterocycles. The number of hydrogen-bond donors (Lipinski definition) is 1. The standard InChI is InChI=1S/C14H16INO3/c1-14(2)16(13(17)18)12(9-19-14)8-5-10-3-6-11(15)7-4-10/h3-8,12H,9H2,1-2H3,(H,17,18). The number of hydrogen-bond acceptors (Lipinski definition) is 2. The van der Waals surface area contributed by atoms with Crippen LogP contribution in [0.2, 0.25) is 0 Å². The normalized spacial score (nSPS) is 22.1. The van der Waals surface area contributed by atoms with Crippen molar-refractivity contribution >= 4 is 34.8 Å². The molecule has 0 aromatic heterocycles. The van der Waals surface area contributed by atoms with Crippen molar-refractivity contribution < 1.29 is 14.6 Å². The number of carbonyl (C=O) groups is 1. The highest BCUT2D eigenvalue weighted by Gasteiger charge is 2.42. The SMILES string of the molecule is CC1(C)OCC(C=Cc2ccc(I)cc2)N1C(=O)O. The fraction of sp³-hybridized carbons (Fsp3) is 0.357. The highest BCUT2D eigenvalue weighted by atomic mass is 127. The van der Waals surface area contributed by atoms with Crippen molar-refractivity contribution in [3.8, 4) is 0 Å². The molecule has 1 fully saturated rings. The van der Waals surface area contributed by atoms with Crippen molar-refractivity contribution in [2.24, 2.45) is 0 Å². The predicted molar refractivity (Wildman–Crippen MR) is 81.9 cm³/mol. The van der Waals surface area contributed by atoms with Crippen LogP contribution < -0.4 is 0 Å². The third-order valence-electron chi connectivity index (χ3n) is 3.11. The summed E-state index contributed by atoms with van der Waals surface area (Å²) in [5.41, 5.74) is 0.280. The highest BCUT2D eigenvalue weighted by molar-refractivity contribution is 14.1. The highest BCUT2D eigenvalue weighted by Crippen LogP contribution is 2.28. The summed E-state index contributed by atoms with van der Waals surface area (Å²) in [6.45, 7) is 3.92. The van der Waals surface area contributed by atoms with Crippen LogP contribution in [0, 0.1) is 3.57 Å². The van der Waals surface area contributed by atoms with Gasteiger partial charge in [0, 0.05) is 3.57 Å². The summed E-state index contributed by atoms with van der Waals surface area (Å²) < 4.78 is 6.70. The lowest BCUT2D eigenvalue weighted by atomic mass is 10.1. The van der Waals surface area contributed by atoms with Crippen LogP contribution in [0.25, 0.3) is 6.08 Å². The second kappa shape index (κ2) is 5.50. The monoisotopic (exact) mass is 373 g/mol. The molecule has 1 unspecified atom stereocenters. The first-order valence-electron chi connectivity index (χ1n) is 6.00. The van der Waals surface area contributed by atoms with E-state index in [4.69, 9.17) is 4.74 Å². The van der Waals surface area contributed by atoms with E-state index in [1.165, 1.54) is 8.47 Å². The first-order valence-corrected chi connectivity index (χ1v) is 7.08. The lowest BCUT2D eigenvalue weighted by Gasteiger charge is -2.29. The molecule has 0 bridgehead atoms. The number of carboxylic acid groups (broad SMARTS) is 1. The zero-order valence-electron chi connectivity index (χ0n) is 10.8. The van der Waals surface area contributed by atoms with Gasteiger partial charge in [0.05, 0.1) is 12.6 Å². The maximum Gasteiger partial charge on any atom is 0.410 e. The Morgan fingerprint density at radius 1 is 1.47 bits per heavy atom. The van der Waals surface area contributed by atoms with Gasteiger partial charge in [0.15, 0.2) is 0 Å². The number of ether oxygens (including phenoxy) is 1. The molecular weight excluding hydrogens is 357 g/mol. The minimum Gasteiger partial charge on any atom is -0.465 e. The molecule has 1 saturated heterocycles. The number of amides is 1. The summed E-state index contributed by atoms with van der Waals surface area (Å²) in [4.78, 5) is 12.6. The molecule has 1 aromatic rings. The Morgan fingerprint density at radius 2 is 2.11 bits per heavy atom. The Morgan fingerprint density at radius 3 is 2.68 bits per heavy atom. The summed E-state index contributed by atoms with van der Waals surface area (Å²) in [5.74, 6) is 0. The van der Waals surface area contributed by atoms with Crippen molar-refractivity contribution in [1.82, 2.24) is 4.90 Å². The average molecular weight is 373 g/mol. The minimum atomic E-state index is -0.959. The van der Waals surface area contributed by atoms with Gasteiger partial charge in [0.25, 0.3) is 0 Å². The van der Waals surface area contributed by atoms with Gasteiger partial charge in [-0.15, -0.1) is 0 Å². The number of nitrogens with zero attached hydrogens (tertiary/aromatic N) is 1. The van der Waals surface area contributed by atoms with Crippen LogP contribution >= 0.6 is 22.6 Å². The van der Waals surface area contributed by atoms with E-state index >= 15 is 0 Å². The van der Waals surface area contributed by atoms with E-state index in [0.29, 0.717) is 6.61 Å². The third-order valence-corrected chi connectivity index (χ3v) is 3.83. The molecule has 19 heavy (non-hydrogen) atoms. The Kier molecular flexibility index (Phi) is 4.15. The van der Waals surface area contributed by atoms with Crippen LogP contribution in [-0.2, 0) is 4.74 Å². The van der Waals surface area contributed by atoms with E-state index in [-0.39, 0.29) is 6.04 Å². The molecule has 1 aliphatic rings. The lowest BCUT2D eigenvalue weighted by Crippen LogP contribution is -2.46. The average Bonchev–Trinajstić information content (AvgIpc) is 2.64. The van der Waals surface area contributed by atoms with Crippen molar-refractivity contribution in [2.75, 3.05) is 6.61 Å². The van der Waals surface area contributed by atoms with Crippen LogP contribution in [0.15, 0.2) is 30.3 Å². The maximum atomic E-state index is 11.3. The summed E-state index contributed by atoms with van der Waals surface area (Å²) in [5, 5.41) is 9.26. The van der Waals surface area contributed by atoms with Gasteiger partial charge < -0.3 is 9.84 Å². The molecule has 1 heterocycles. The van der Waals surface area contributed by atoms with Gasteiger partial charge in [-0.3, -0.25) is 4.90 Å². The smallest absolute Gasteiger partial charge is 0.410 e. The van der Waals surface area contributed by atoms with E-state index in [2.05, 4.69) is 22.6 Å². The van der Waals surface area contributed by atoms with E-state index in [9.17, 15) is 9.90 Å². The molecule has 0 aliphatic carbocycles. The first-order chi connectivity index (χ1) is 8.90. The molecular formula is C14H16INO3. The molecule has 5 heteroatoms. The molecule has 0 radical (unpaired) electrons. The van der Waals surface area contributed by atoms with Crippen LogP contribution in [-0.4, -0.2) is 34.5 Å². The maximum absolute atomic E-state index is 11.3. The van der Waals surface area contributed by atoms with Gasteiger partial charge in [-0.2, -0.15) is 0 Å². The van der Waals surface area contributed by atoms with E-state index < -0.39 is 11.8 Å². The molecule has 4 nitrogen and oxygen atoms in total. The zero-order chi connectivity index (χ0) is 14.0. The van der Waals surface area contributed by atoms with Crippen molar-refractivity contribution in [2.45, 2.75) is 25.6 Å². The van der Waals surface area contributed by atoms with Crippen LogP contribution in [0.4, 0.5) is 4.79 Å². The summed E-state index contributed by atoms with van der Waals surface area (Å²) >= 11 is 2.25. The summed E-state index contributed by atoms with van der Waals surface area (Å²) in [7, 11) is 0. The second-order valence-corrected chi connectivity index (χ2v) is 6.13. The fourth-order valence-corrected chi connectivity index (χ4v) is 2.50. The quantitative estimate of drug-likeness (QED) is 0.809. The molecule has 1 amide bonds. The van der Waals surface area contributed by atoms with Crippen molar-refractivity contribution in [3.63, 3.8) is 0 Å². The van der Waals surface area contributed by atoms with E-state index in [1.807, 2.05) is 36.4 Å². The zero-order valence-corrected chi connectivity index (χ0v) is 13.0. The van der Waals surface area contributed by atoms with Crippen LogP contribution in [0.3, 0.4) is 0 Å². The van der Waals surface area contributed by atoms with Gasteiger partial charge in [-0.05, 0) is 54.1 Å². The van der Waals surface area contributed by atoms with Gasteiger partial charge in [0.1, 0.15) is 5.72 Å². The molecule has 2 rings (SSSR count). The molecule has 102 valence electrons. The Bertz CT molecular complexity index is 496. The first kappa shape index (κ1) is 14.3. The van der Waals surface area contributed by atoms with E-state index in [1.54, 1.807) is 13.8 Å². The van der Waals surface area contributed by atoms with Crippen molar-refractivity contribution in [1.29, 1.82) is 0 Å². The second-order valence-electron chi connectivity index (χ2n) is 4.89. The molecule has 1 aromatic carbocycles. The van der Waals surface area contributed by atoms with Crippen LogP contribution in [0.5, 0.6) is 0 Å². The number of benzene rings is 1. The number of rotatable bonds is 2. The molecule has 0 spiro atoms. The van der Waals surface area contributed by atoms with Gasteiger partial charge in [-0.1, -0.05) is 24.3 Å². The molecule has 1 N–H and O–H groups in total. The fourth-order valence-electron chi connectivity index (χ4n) is 2.14.